The Bertz CT molecular complexity index is 593. The lowest BCUT2D eigenvalue weighted by Crippen LogP contribution is -2.14. The molecule has 0 aliphatic heterocycles. The van der Waals surface area contributed by atoms with Gasteiger partial charge in [0.1, 0.15) is 17.3 Å². The summed E-state index contributed by atoms with van der Waals surface area (Å²) in [6.45, 7) is 1.55. The molecule has 0 radical (unpaired) electrons. The Hall–Kier alpha value is -2.36. The monoisotopic (exact) mass is 287 g/mol. The van der Waals surface area contributed by atoms with Gasteiger partial charge in [0.2, 0.25) is 0 Å². The van der Waals surface area contributed by atoms with Crippen LogP contribution < -0.4 is 10.1 Å². The first-order valence-electron chi connectivity index (χ1n) is 6.74. The van der Waals surface area contributed by atoms with Crippen LogP contribution in [0.2, 0.25) is 0 Å². The van der Waals surface area contributed by atoms with Crippen LogP contribution >= 0.6 is 0 Å². The first kappa shape index (κ1) is 15.0. The van der Waals surface area contributed by atoms with Crippen molar-refractivity contribution in [2.75, 3.05) is 12.4 Å². The molecular weight excluding hydrogens is 269 g/mol. The molecule has 0 aliphatic carbocycles. The van der Waals surface area contributed by atoms with Gasteiger partial charge in [-0.05, 0) is 48.9 Å². The fraction of sp³-hybridized carbons (Fsp3) is 0.235. The molecule has 1 atom stereocenters. The molecule has 0 aromatic heterocycles. The van der Waals surface area contributed by atoms with Crippen molar-refractivity contribution in [3.63, 3.8) is 0 Å². The van der Waals surface area contributed by atoms with Gasteiger partial charge in [0.15, 0.2) is 0 Å². The average molecular weight is 287 g/mol. The fourth-order valence-corrected chi connectivity index (χ4v) is 2.12. The Morgan fingerprint density at radius 3 is 2.29 bits per heavy atom. The number of ether oxygens (including phenoxy) is 1. The second kappa shape index (κ2) is 6.88. The summed E-state index contributed by atoms with van der Waals surface area (Å²) in [5.41, 5.74) is 1.76. The van der Waals surface area contributed by atoms with E-state index in [-0.39, 0.29) is 17.6 Å². The van der Waals surface area contributed by atoms with Crippen molar-refractivity contribution < 1.29 is 13.9 Å². The van der Waals surface area contributed by atoms with Crippen molar-refractivity contribution in [2.45, 2.75) is 19.4 Å². The summed E-state index contributed by atoms with van der Waals surface area (Å²) in [5.74, 6) is 0.556. The van der Waals surface area contributed by atoms with Gasteiger partial charge in [-0.1, -0.05) is 12.1 Å². The molecule has 0 saturated heterocycles. The Kier molecular flexibility index (Phi) is 4.93. The number of Topliss-reactive ketones (excluding diaryl/α,β-unsaturated/α-hetero) is 1. The van der Waals surface area contributed by atoms with Crippen molar-refractivity contribution >= 4 is 11.5 Å². The molecule has 0 saturated carbocycles. The van der Waals surface area contributed by atoms with Gasteiger partial charge >= 0.3 is 0 Å². The maximum Gasteiger partial charge on any atom is 0.132 e. The molecule has 2 aromatic carbocycles. The summed E-state index contributed by atoms with van der Waals surface area (Å²) in [5, 5.41) is 3.30. The molecule has 0 amide bonds. The van der Waals surface area contributed by atoms with E-state index in [2.05, 4.69) is 5.32 Å². The molecule has 110 valence electrons. The molecule has 0 unspecified atom stereocenters. The number of ketones is 1. The number of halogens is 1. The largest absolute Gasteiger partial charge is 0.497 e. The molecule has 4 heteroatoms. The summed E-state index contributed by atoms with van der Waals surface area (Å²) in [6.07, 6.45) is 0.345. The molecule has 3 nitrogen and oxygen atoms in total. The smallest absolute Gasteiger partial charge is 0.132 e. The quantitative estimate of drug-likeness (QED) is 0.873. The lowest BCUT2D eigenvalue weighted by atomic mass is 10.0. The predicted octanol–water partition coefficient (Wildman–Crippen LogP) is 3.97. The zero-order valence-electron chi connectivity index (χ0n) is 12.1. The van der Waals surface area contributed by atoms with Gasteiger partial charge in [-0.3, -0.25) is 4.79 Å². The van der Waals surface area contributed by atoms with Crippen LogP contribution in [0, 0.1) is 5.82 Å². The normalized spacial score (nSPS) is 11.8. The van der Waals surface area contributed by atoms with E-state index in [0.717, 1.165) is 17.0 Å². The van der Waals surface area contributed by atoms with Crippen LogP contribution in [0.25, 0.3) is 0 Å². The van der Waals surface area contributed by atoms with Gasteiger partial charge < -0.3 is 10.1 Å². The second-order valence-electron chi connectivity index (χ2n) is 4.88. The highest BCUT2D eigenvalue weighted by Gasteiger charge is 2.14. The van der Waals surface area contributed by atoms with E-state index in [4.69, 9.17) is 4.74 Å². The van der Waals surface area contributed by atoms with E-state index in [1.807, 2.05) is 24.3 Å². The SMILES string of the molecule is COc1ccc(N[C@@H](CC(C)=O)c2ccc(F)cc2)cc1. The van der Waals surface area contributed by atoms with Crippen LogP contribution in [-0.4, -0.2) is 12.9 Å². The highest BCUT2D eigenvalue weighted by Crippen LogP contribution is 2.24. The molecule has 0 fully saturated rings. The van der Waals surface area contributed by atoms with E-state index in [1.54, 1.807) is 26.2 Å². The Labute approximate surface area is 123 Å². The fourth-order valence-electron chi connectivity index (χ4n) is 2.12. The van der Waals surface area contributed by atoms with Crippen molar-refractivity contribution in [1.29, 1.82) is 0 Å². The number of hydrogen-bond donors (Lipinski definition) is 1. The minimum absolute atomic E-state index is 0.0744. The Morgan fingerprint density at radius 1 is 1.14 bits per heavy atom. The van der Waals surface area contributed by atoms with Crippen LogP contribution in [0.5, 0.6) is 5.75 Å². The van der Waals surface area contributed by atoms with Gasteiger partial charge in [0.05, 0.1) is 13.2 Å². The maximum atomic E-state index is 13.0. The van der Waals surface area contributed by atoms with Crippen LogP contribution in [0.4, 0.5) is 10.1 Å². The number of nitrogens with one attached hydrogen (secondary N) is 1. The third-order valence-electron chi connectivity index (χ3n) is 3.19. The van der Waals surface area contributed by atoms with Gasteiger partial charge in [-0.2, -0.15) is 0 Å². The molecule has 0 heterocycles. The highest BCUT2D eigenvalue weighted by molar-refractivity contribution is 5.77. The summed E-state index contributed by atoms with van der Waals surface area (Å²) < 4.78 is 18.1. The standard InChI is InChI=1S/C17H18FNO2/c1-12(20)11-17(13-3-5-14(18)6-4-13)19-15-7-9-16(21-2)10-8-15/h3-10,17,19H,11H2,1-2H3/t17-/m0/s1. The van der Waals surface area contributed by atoms with Crippen LogP contribution in [-0.2, 0) is 4.79 Å². The summed E-state index contributed by atoms with van der Waals surface area (Å²) in [4.78, 5) is 11.5. The maximum absolute atomic E-state index is 13.0. The number of methoxy groups -OCH3 is 1. The Morgan fingerprint density at radius 2 is 1.76 bits per heavy atom. The number of benzene rings is 2. The summed E-state index contributed by atoms with van der Waals surface area (Å²) in [7, 11) is 1.61. The number of anilines is 1. The Balaban J connectivity index is 2.19. The predicted molar refractivity (Wildman–Crippen MR) is 81.1 cm³/mol. The average Bonchev–Trinajstić information content (AvgIpc) is 2.48. The molecular formula is C17H18FNO2. The van der Waals surface area contributed by atoms with Gasteiger partial charge in [0.25, 0.3) is 0 Å². The molecule has 0 bridgehead atoms. The first-order valence-corrected chi connectivity index (χ1v) is 6.74. The topological polar surface area (TPSA) is 38.3 Å². The zero-order chi connectivity index (χ0) is 15.2. The van der Waals surface area contributed by atoms with Crippen molar-refractivity contribution in [1.82, 2.24) is 0 Å². The molecule has 1 N–H and O–H groups in total. The van der Waals surface area contributed by atoms with Gasteiger partial charge in [0, 0.05) is 12.1 Å². The molecule has 21 heavy (non-hydrogen) atoms. The van der Waals surface area contributed by atoms with Crippen molar-refractivity contribution in [3.05, 3.63) is 59.9 Å². The lowest BCUT2D eigenvalue weighted by molar-refractivity contribution is -0.117. The molecule has 2 aromatic rings. The third-order valence-corrected chi connectivity index (χ3v) is 3.19. The van der Waals surface area contributed by atoms with Gasteiger partial charge in [-0.15, -0.1) is 0 Å². The molecule has 0 spiro atoms. The van der Waals surface area contributed by atoms with E-state index in [9.17, 15) is 9.18 Å². The zero-order valence-corrected chi connectivity index (χ0v) is 12.1. The molecule has 2 rings (SSSR count). The van der Waals surface area contributed by atoms with E-state index >= 15 is 0 Å². The highest BCUT2D eigenvalue weighted by atomic mass is 19.1. The molecule has 0 aliphatic rings. The lowest BCUT2D eigenvalue weighted by Gasteiger charge is -2.19. The third kappa shape index (κ3) is 4.31. The number of hydrogen-bond acceptors (Lipinski definition) is 3. The number of rotatable bonds is 6. The minimum Gasteiger partial charge on any atom is -0.497 e. The summed E-state index contributed by atoms with van der Waals surface area (Å²) in [6, 6.07) is 13.5. The van der Waals surface area contributed by atoms with E-state index < -0.39 is 0 Å². The summed E-state index contributed by atoms with van der Waals surface area (Å²) >= 11 is 0. The minimum atomic E-state index is -0.287. The van der Waals surface area contributed by atoms with Gasteiger partial charge in [-0.25, -0.2) is 4.39 Å². The van der Waals surface area contributed by atoms with Crippen LogP contribution in [0.3, 0.4) is 0 Å². The van der Waals surface area contributed by atoms with Crippen molar-refractivity contribution in [2.24, 2.45) is 0 Å². The van der Waals surface area contributed by atoms with E-state index in [0.29, 0.717) is 6.42 Å². The van der Waals surface area contributed by atoms with Crippen LogP contribution in [0.1, 0.15) is 24.9 Å². The number of carbonyl (C=O) groups is 1. The van der Waals surface area contributed by atoms with Crippen LogP contribution in [0.15, 0.2) is 48.5 Å². The van der Waals surface area contributed by atoms with Crippen molar-refractivity contribution in [3.8, 4) is 5.75 Å². The first-order chi connectivity index (χ1) is 10.1. The second-order valence-corrected chi connectivity index (χ2v) is 4.88. The number of carbonyl (C=O) groups excluding carboxylic acids is 1. The van der Waals surface area contributed by atoms with E-state index in [1.165, 1.54) is 12.1 Å².